The molecule has 0 unspecified atom stereocenters. The quantitative estimate of drug-likeness (QED) is 0.350. The number of carbonyl (C=O) groups is 2. The van der Waals surface area contributed by atoms with Crippen LogP contribution in [0.2, 0.25) is 5.02 Å². The first-order valence-electron chi connectivity index (χ1n) is 9.60. The van der Waals surface area contributed by atoms with Crippen molar-refractivity contribution >= 4 is 63.6 Å². The molecular weight excluding hydrogens is 503 g/mol. The molecule has 2 heterocycles. The number of halogens is 2. The molecule has 2 N–H and O–H groups in total. The normalized spacial score (nSPS) is 10.3. The van der Waals surface area contributed by atoms with Gasteiger partial charge >= 0.3 is 0 Å². The van der Waals surface area contributed by atoms with Crippen molar-refractivity contribution in [1.29, 1.82) is 0 Å². The van der Waals surface area contributed by atoms with Crippen LogP contribution < -0.4 is 10.6 Å². The number of hydrogen-bond donors (Lipinski definition) is 2. The molecule has 4 rings (SSSR count). The second-order valence-corrected chi connectivity index (χ2v) is 9.11. The van der Waals surface area contributed by atoms with Crippen molar-refractivity contribution in [2.45, 2.75) is 19.4 Å². The molecule has 2 amide bonds. The average molecular weight is 521 g/mol. The number of carbonyl (C=O) groups excluding carboxylic acids is 2. The number of anilines is 1. The third-order valence-electron chi connectivity index (χ3n) is 4.30. The zero-order valence-electron chi connectivity index (χ0n) is 17.0. The van der Waals surface area contributed by atoms with Gasteiger partial charge in [0.25, 0.3) is 5.91 Å². The molecule has 4 aromatic rings. The zero-order chi connectivity index (χ0) is 22.3. The van der Waals surface area contributed by atoms with Crippen LogP contribution in [0, 0.1) is 0 Å². The first kappa shape index (κ1) is 24.7. The van der Waals surface area contributed by atoms with Crippen LogP contribution >= 0.6 is 46.7 Å². The van der Waals surface area contributed by atoms with Gasteiger partial charge in [0.15, 0.2) is 0 Å². The largest absolute Gasteiger partial charge is 0.352 e. The van der Waals surface area contributed by atoms with Crippen LogP contribution in [-0.4, -0.2) is 32.2 Å². The molecule has 0 aliphatic carbocycles. The predicted octanol–water partition coefficient (Wildman–Crippen LogP) is 4.63. The van der Waals surface area contributed by atoms with Gasteiger partial charge in [0.2, 0.25) is 16.0 Å². The summed E-state index contributed by atoms with van der Waals surface area (Å²) in [5.74, 6) is -0.514. The molecular formula is C21H18Cl2N6O2S2. The Hall–Kier alpha value is -2.92. The number of benzene rings is 2. The van der Waals surface area contributed by atoms with E-state index < -0.39 is 5.91 Å². The van der Waals surface area contributed by atoms with Crippen LogP contribution in [0.4, 0.5) is 5.13 Å². The number of aromatic nitrogens is 4. The third kappa shape index (κ3) is 7.03. The third-order valence-corrected chi connectivity index (χ3v) is 6.42. The Morgan fingerprint density at radius 3 is 2.42 bits per heavy atom. The van der Waals surface area contributed by atoms with Gasteiger partial charge in [0.05, 0.1) is 0 Å². The predicted molar refractivity (Wildman–Crippen MR) is 132 cm³/mol. The van der Waals surface area contributed by atoms with E-state index in [9.17, 15) is 9.59 Å². The van der Waals surface area contributed by atoms with E-state index in [1.807, 2.05) is 42.5 Å². The van der Waals surface area contributed by atoms with Gasteiger partial charge in [-0.05, 0) is 17.7 Å². The fourth-order valence-electron chi connectivity index (χ4n) is 2.68. The monoisotopic (exact) mass is 520 g/mol. The number of rotatable bonds is 8. The second kappa shape index (κ2) is 11.8. The van der Waals surface area contributed by atoms with Crippen molar-refractivity contribution in [3.63, 3.8) is 0 Å². The van der Waals surface area contributed by atoms with Crippen LogP contribution in [0.25, 0.3) is 10.6 Å². The molecule has 0 aliphatic rings. The Morgan fingerprint density at radius 1 is 0.909 bits per heavy atom. The van der Waals surface area contributed by atoms with Crippen molar-refractivity contribution in [1.82, 2.24) is 25.7 Å². The van der Waals surface area contributed by atoms with Crippen LogP contribution in [0.5, 0.6) is 0 Å². The molecule has 33 heavy (non-hydrogen) atoms. The van der Waals surface area contributed by atoms with Gasteiger partial charge in [-0.3, -0.25) is 14.9 Å². The van der Waals surface area contributed by atoms with Gasteiger partial charge in [0, 0.05) is 30.0 Å². The van der Waals surface area contributed by atoms with Gasteiger partial charge in [0.1, 0.15) is 10.0 Å². The lowest BCUT2D eigenvalue weighted by Gasteiger charge is -2.04. The van der Waals surface area contributed by atoms with Crippen molar-refractivity contribution in [3.8, 4) is 10.6 Å². The Morgan fingerprint density at radius 2 is 1.67 bits per heavy atom. The summed E-state index contributed by atoms with van der Waals surface area (Å²) in [6.45, 7) is 0.423. The molecule has 0 spiro atoms. The number of nitrogens with one attached hydrogen (secondary N) is 2. The van der Waals surface area contributed by atoms with Crippen molar-refractivity contribution in [3.05, 3.63) is 75.2 Å². The van der Waals surface area contributed by atoms with E-state index in [1.54, 1.807) is 12.1 Å². The van der Waals surface area contributed by atoms with E-state index in [0.29, 0.717) is 33.1 Å². The molecule has 170 valence electrons. The Bertz CT molecular complexity index is 1210. The van der Waals surface area contributed by atoms with Crippen molar-refractivity contribution < 1.29 is 9.59 Å². The molecule has 8 nitrogen and oxygen atoms in total. The first-order valence-corrected chi connectivity index (χ1v) is 11.6. The van der Waals surface area contributed by atoms with Gasteiger partial charge in [-0.25, -0.2) is 0 Å². The lowest BCUT2D eigenvalue weighted by atomic mass is 10.2. The van der Waals surface area contributed by atoms with E-state index in [2.05, 4.69) is 31.0 Å². The lowest BCUT2D eigenvalue weighted by molar-refractivity contribution is -0.121. The van der Waals surface area contributed by atoms with Gasteiger partial charge in [-0.15, -0.1) is 32.8 Å². The van der Waals surface area contributed by atoms with Crippen molar-refractivity contribution in [2.75, 3.05) is 5.32 Å². The average Bonchev–Trinajstić information content (AvgIpc) is 3.48. The Balaban J connectivity index is 0.00000306. The van der Waals surface area contributed by atoms with Crippen LogP contribution in [-0.2, 0) is 17.8 Å². The number of hydrogen-bond acceptors (Lipinski definition) is 8. The first-order chi connectivity index (χ1) is 15.6. The van der Waals surface area contributed by atoms with E-state index in [4.69, 9.17) is 11.6 Å². The van der Waals surface area contributed by atoms with Gasteiger partial charge < -0.3 is 5.32 Å². The van der Waals surface area contributed by atoms with Crippen LogP contribution in [0.1, 0.15) is 26.8 Å². The molecule has 2 aromatic heterocycles. The maximum atomic E-state index is 12.4. The van der Waals surface area contributed by atoms with E-state index in [-0.39, 0.29) is 29.7 Å². The number of amides is 2. The molecule has 2 aromatic carbocycles. The Kier molecular flexibility index (Phi) is 8.84. The highest BCUT2D eigenvalue weighted by Crippen LogP contribution is 2.26. The van der Waals surface area contributed by atoms with Crippen molar-refractivity contribution in [2.24, 2.45) is 0 Å². The smallest absolute Gasteiger partial charge is 0.288 e. The van der Waals surface area contributed by atoms with Crippen LogP contribution in [0.3, 0.4) is 0 Å². The number of aryl methyl sites for hydroxylation is 1. The van der Waals surface area contributed by atoms with Gasteiger partial charge in [-0.1, -0.05) is 76.7 Å². The zero-order valence-corrected chi connectivity index (χ0v) is 20.2. The molecule has 0 saturated heterocycles. The summed E-state index contributed by atoms with van der Waals surface area (Å²) in [6, 6.07) is 16.9. The molecule has 0 fully saturated rings. The summed E-state index contributed by atoms with van der Waals surface area (Å²) >= 11 is 8.28. The molecule has 0 aliphatic heterocycles. The lowest BCUT2D eigenvalue weighted by Crippen LogP contribution is -2.22. The summed E-state index contributed by atoms with van der Waals surface area (Å²) in [5.41, 5.74) is 1.89. The maximum absolute atomic E-state index is 12.4. The molecule has 0 radical (unpaired) electrons. The second-order valence-electron chi connectivity index (χ2n) is 6.64. The summed E-state index contributed by atoms with van der Waals surface area (Å²) < 4.78 is 0. The molecule has 12 heteroatoms. The highest BCUT2D eigenvalue weighted by Gasteiger charge is 2.16. The van der Waals surface area contributed by atoms with Crippen LogP contribution in [0.15, 0.2) is 54.6 Å². The summed E-state index contributed by atoms with van der Waals surface area (Å²) in [5, 5.41) is 24.2. The summed E-state index contributed by atoms with van der Waals surface area (Å²) in [6.07, 6.45) is 0.648. The fourth-order valence-corrected chi connectivity index (χ4v) is 4.28. The standard InChI is InChI=1S/C21H17ClN6O2S2.ClH/c22-15-8-6-13(7-9-15)12-23-16(29)10-11-17-25-27-20(31-17)18(30)24-21-28-26-19(32-21)14-4-2-1-3-5-14;/h1-9H,10-12H2,(H,23,29)(H,24,28,30);1H. The number of nitrogens with zero attached hydrogens (tertiary/aromatic N) is 4. The maximum Gasteiger partial charge on any atom is 0.288 e. The summed E-state index contributed by atoms with van der Waals surface area (Å²) in [7, 11) is 0. The molecule has 0 atom stereocenters. The van der Waals surface area contributed by atoms with E-state index >= 15 is 0 Å². The summed E-state index contributed by atoms with van der Waals surface area (Å²) in [4.78, 5) is 24.5. The SMILES string of the molecule is Cl.O=C(CCc1nnc(C(=O)Nc2nnc(-c3ccccc3)s2)s1)NCc1ccc(Cl)cc1. The topological polar surface area (TPSA) is 110 Å². The highest BCUT2D eigenvalue weighted by molar-refractivity contribution is 7.18. The van der Waals surface area contributed by atoms with Gasteiger partial charge in [-0.2, -0.15) is 0 Å². The highest BCUT2D eigenvalue weighted by atomic mass is 35.5. The molecule has 0 saturated carbocycles. The molecule has 0 bridgehead atoms. The minimum atomic E-state index is -0.406. The Labute approximate surface area is 208 Å². The fraction of sp³-hybridized carbons (Fsp3) is 0.143. The minimum Gasteiger partial charge on any atom is -0.352 e. The van der Waals surface area contributed by atoms with E-state index in [1.165, 1.54) is 11.3 Å². The minimum absolute atomic E-state index is 0. The van der Waals surface area contributed by atoms with E-state index in [0.717, 1.165) is 22.5 Å².